The summed E-state index contributed by atoms with van der Waals surface area (Å²) in [6.45, 7) is 17.7. The molecule has 5 rings (SSSR count). The molecule has 1 atom stereocenters. The Morgan fingerprint density at radius 2 is 1.87 bits per heavy atom. The van der Waals surface area contributed by atoms with Gasteiger partial charge >= 0.3 is 5.69 Å². The van der Waals surface area contributed by atoms with Crippen LogP contribution in [-0.2, 0) is 4.79 Å². The van der Waals surface area contributed by atoms with Crippen LogP contribution in [0.15, 0.2) is 66.4 Å². The second-order valence-corrected chi connectivity index (χ2v) is 12.4. The standard InChI is InChI=1S/C35H36ClF2N5O2/c1-8-23-10-9-11-28(38)30(23)25-17-29-26(16-27(25)36)33(42-15-14-41(18-21(42)6)34(44)22(7)37)40-35(45)43(29)32-24(19(2)3)12-13-39-31(32)20(4)5/h8-13,16-17,19-21H,1,7,14-15,18H2,2-6H3/t21-/m0/s1. The molecule has 1 aliphatic heterocycles. The van der Waals surface area contributed by atoms with Crippen molar-refractivity contribution < 1.29 is 13.6 Å². The molecule has 0 unspecified atom stereocenters. The van der Waals surface area contributed by atoms with Gasteiger partial charge in [-0.2, -0.15) is 4.98 Å². The molecule has 4 aromatic rings. The van der Waals surface area contributed by atoms with Crippen molar-refractivity contribution in [3.8, 4) is 16.8 Å². The highest BCUT2D eigenvalue weighted by molar-refractivity contribution is 6.34. The zero-order valence-corrected chi connectivity index (χ0v) is 26.8. The fourth-order valence-electron chi connectivity index (χ4n) is 6.10. The summed E-state index contributed by atoms with van der Waals surface area (Å²) in [6, 6.07) is 9.73. The maximum atomic E-state index is 15.5. The van der Waals surface area contributed by atoms with Crippen LogP contribution in [0.3, 0.4) is 0 Å². The first-order valence-electron chi connectivity index (χ1n) is 14.9. The van der Waals surface area contributed by atoms with Gasteiger partial charge in [-0.05, 0) is 54.2 Å². The van der Waals surface area contributed by atoms with Crippen molar-refractivity contribution in [1.29, 1.82) is 0 Å². The van der Waals surface area contributed by atoms with Gasteiger partial charge in [-0.25, -0.2) is 13.6 Å². The van der Waals surface area contributed by atoms with Crippen molar-refractivity contribution in [1.82, 2.24) is 19.4 Å². The van der Waals surface area contributed by atoms with Crippen LogP contribution in [0, 0.1) is 5.82 Å². The van der Waals surface area contributed by atoms with Gasteiger partial charge in [0.1, 0.15) is 11.6 Å². The molecule has 1 saturated heterocycles. The first-order chi connectivity index (χ1) is 21.3. The van der Waals surface area contributed by atoms with Gasteiger partial charge < -0.3 is 9.80 Å². The highest BCUT2D eigenvalue weighted by Gasteiger charge is 2.32. The van der Waals surface area contributed by atoms with Gasteiger partial charge in [0.25, 0.3) is 5.91 Å². The van der Waals surface area contributed by atoms with E-state index in [4.69, 9.17) is 11.6 Å². The van der Waals surface area contributed by atoms with E-state index in [9.17, 15) is 14.0 Å². The monoisotopic (exact) mass is 631 g/mol. The number of halogens is 3. The van der Waals surface area contributed by atoms with E-state index < -0.39 is 23.2 Å². The van der Waals surface area contributed by atoms with Crippen molar-refractivity contribution in [2.24, 2.45) is 0 Å². The smallest absolute Gasteiger partial charge is 0.350 e. The predicted octanol–water partition coefficient (Wildman–Crippen LogP) is 7.65. The zero-order valence-electron chi connectivity index (χ0n) is 26.1. The molecule has 2 aromatic heterocycles. The fraction of sp³-hybridized carbons (Fsp3) is 0.314. The van der Waals surface area contributed by atoms with E-state index in [2.05, 4.69) is 23.1 Å². The molecular formula is C35H36ClF2N5O2. The van der Waals surface area contributed by atoms with E-state index in [-0.39, 0.29) is 41.6 Å². The summed E-state index contributed by atoms with van der Waals surface area (Å²) in [5.41, 5.74) is 3.41. The number of amides is 1. The largest absolute Gasteiger partial charge is 0.354 e. The summed E-state index contributed by atoms with van der Waals surface area (Å²) in [6.07, 6.45) is 3.31. The van der Waals surface area contributed by atoms with Gasteiger partial charge in [0.15, 0.2) is 5.83 Å². The molecule has 1 amide bonds. The molecule has 0 saturated carbocycles. The van der Waals surface area contributed by atoms with E-state index >= 15 is 4.39 Å². The van der Waals surface area contributed by atoms with Gasteiger partial charge in [0, 0.05) is 53.4 Å². The number of nitrogens with zero attached hydrogens (tertiary/aromatic N) is 5. The number of hydrogen-bond donors (Lipinski definition) is 0. The minimum atomic E-state index is -1.02. The minimum Gasteiger partial charge on any atom is -0.350 e. The highest BCUT2D eigenvalue weighted by Crippen LogP contribution is 2.40. The molecule has 1 aliphatic rings. The van der Waals surface area contributed by atoms with Crippen molar-refractivity contribution in [3.63, 3.8) is 0 Å². The number of carbonyl (C=O) groups excluding carboxylic acids is 1. The minimum absolute atomic E-state index is 0.0260. The average molecular weight is 632 g/mol. The molecule has 3 heterocycles. The van der Waals surface area contributed by atoms with Gasteiger partial charge in [-0.3, -0.25) is 14.3 Å². The molecule has 0 aliphatic carbocycles. The Hall–Kier alpha value is -4.37. The quantitative estimate of drug-likeness (QED) is 0.196. The number of aromatic nitrogens is 3. The van der Waals surface area contributed by atoms with Crippen LogP contribution < -0.4 is 10.6 Å². The molecule has 0 spiro atoms. The first kappa shape index (κ1) is 32.0. The Kier molecular flexibility index (Phi) is 8.94. The van der Waals surface area contributed by atoms with E-state index in [0.29, 0.717) is 40.1 Å². The second-order valence-electron chi connectivity index (χ2n) is 12.0. The average Bonchev–Trinajstić information content (AvgIpc) is 2.99. The maximum Gasteiger partial charge on any atom is 0.354 e. The van der Waals surface area contributed by atoms with Crippen LogP contribution in [0.5, 0.6) is 0 Å². The molecule has 10 heteroatoms. The number of benzene rings is 2. The lowest BCUT2D eigenvalue weighted by molar-refractivity contribution is -0.129. The molecule has 45 heavy (non-hydrogen) atoms. The van der Waals surface area contributed by atoms with Gasteiger partial charge in [0.2, 0.25) is 0 Å². The van der Waals surface area contributed by atoms with Crippen LogP contribution in [0.2, 0.25) is 5.02 Å². The Balaban J connectivity index is 1.86. The Morgan fingerprint density at radius 3 is 2.49 bits per heavy atom. The lowest BCUT2D eigenvalue weighted by atomic mass is 9.95. The third-order valence-corrected chi connectivity index (χ3v) is 8.60. The summed E-state index contributed by atoms with van der Waals surface area (Å²) in [7, 11) is 0. The van der Waals surface area contributed by atoms with Crippen LogP contribution in [0.1, 0.15) is 63.3 Å². The predicted molar refractivity (Wildman–Crippen MR) is 177 cm³/mol. The van der Waals surface area contributed by atoms with E-state index in [1.165, 1.54) is 11.0 Å². The lowest BCUT2D eigenvalue weighted by Gasteiger charge is -2.40. The van der Waals surface area contributed by atoms with Crippen molar-refractivity contribution in [2.45, 2.75) is 52.5 Å². The Morgan fingerprint density at radius 1 is 1.13 bits per heavy atom. The summed E-state index contributed by atoms with van der Waals surface area (Å²) < 4.78 is 30.7. The van der Waals surface area contributed by atoms with Crippen LogP contribution in [0.4, 0.5) is 14.6 Å². The fourth-order valence-corrected chi connectivity index (χ4v) is 6.36. The van der Waals surface area contributed by atoms with Crippen molar-refractivity contribution in [3.05, 3.63) is 99.7 Å². The summed E-state index contributed by atoms with van der Waals surface area (Å²) in [4.78, 5) is 39.2. The topological polar surface area (TPSA) is 71.3 Å². The molecule has 234 valence electrons. The normalized spacial score (nSPS) is 15.3. The number of hydrogen-bond acceptors (Lipinski definition) is 5. The van der Waals surface area contributed by atoms with Gasteiger partial charge in [-0.1, -0.05) is 70.7 Å². The number of rotatable bonds is 7. The van der Waals surface area contributed by atoms with Crippen molar-refractivity contribution in [2.75, 3.05) is 24.5 Å². The summed E-state index contributed by atoms with van der Waals surface area (Å²) in [5, 5.41) is 0.827. The molecule has 0 N–H and O–H groups in total. The zero-order chi connectivity index (χ0) is 32.7. The second kappa shape index (κ2) is 12.6. The van der Waals surface area contributed by atoms with Gasteiger partial charge in [0.05, 0.1) is 16.9 Å². The maximum absolute atomic E-state index is 15.5. The van der Waals surface area contributed by atoms with E-state index in [1.54, 1.807) is 41.1 Å². The lowest BCUT2D eigenvalue weighted by Crippen LogP contribution is -2.54. The van der Waals surface area contributed by atoms with Crippen LogP contribution >= 0.6 is 11.6 Å². The number of carbonyl (C=O) groups is 1. The van der Waals surface area contributed by atoms with Gasteiger partial charge in [-0.15, -0.1) is 0 Å². The summed E-state index contributed by atoms with van der Waals surface area (Å²) in [5.74, 6) is -1.87. The molecule has 0 bridgehead atoms. The summed E-state index contributed by atoms with van der Waals surface area (Å²) >= 11 is 6.94. The number of piperazine rings is 1. The molecule has 2 aromatic carbocycles. The molecule has 0 radical (unpaired) electrons. The number of pyridine rings is 1. The Bertz CT molecular complexity index is 1880. The Labute approximate surface area is 266 Å². The van der Waals surface area contributed by atoms with E-state index in [1.807, 2.05) is 45.6 Å². The van der Waals surface area contributed by atoms with Crippen LogP contribution in [-0.4, -0.2) is 51.0 Å². The third-order valence-electron chi connectivity index (χ3n) is 8.29. The molecule has 1 fully saturated rings. The number of fused-ring (bicyclic) bond motifs is 1. The van der Waals surface area contributed by atoms with Crippen LogP contribution in [0.25, 0.3) is 33.8 Å². The van der Waals surface area contributed by atoms with Crippen molar-refractivity contribution >= 4 is 40.3 Å². The SMILES string of the molecule is C=Cc1cccc(F)c1-c1cc2c(cc1Cl)c(N1CCN(C(=O)C(=C)F)C[C@@H]1C)nc(=O)n2-c1c(C(C)C)ccnc1C(C)C. The number of anilines is 1. The molecule has 7 nitrogen and oxygen atoms in total. The molecular weight excluding hydrogens is 596 g/mol. The van der Waals surface area contributed by atoms with E-state index in [0.717, 1.165) is 11.3 Å². The first-order valence-corrected chi connectivity index (χ1v) is 15.3. The third kappa shape index (κ3) is 5.77. The highest BCUT2D eigenvalue weighted by atomic mass is 35.5.